The highest BCUT2D eigenvalue weighted by atomic mass is 32.1. The topological polar surface area (TPSA) is 33.1 Å². The Balaban J connectivity index is 2.08. The fourth-order valence-electron chi connectivity index (χ4n) is 1.74. The molecule has 0 bridgehead atoms. The third-order valence-corrected chi connectivity index (χ3v) is 4.10. The van der Waals surface area contributed by atoms with Gasteiger partial charge in [0, 0.05) is 17.2 Å². The zero-order valence-electron chi connectivity index (χ0n) is 11.1. The van der Waals surface area contributed by atoms with Crippen molar-refractivity contribution >= 4 is 11.3 Å². The fraction of sp³-hybridized carbons (Fsp3) is 0.400. The van der Waals surface area contributed by atoms with E-state index < -0.39 is 6.10 Å². The summed E-state index contributed by atoms with van der Waals surface area (Å²) in [7, 11) is 0. The molecule has 1 aromatic carbocycles. The lowest BCUT2D eigenvalue weighted by Gasteiger charge is -2.14. The van der Waals surface area contributed by atoms with Gasteiger partial charge >= 0.3 is 0 Å². The zero-order chi connectivity index (χ0) is 13.2. The van der Waals surface area contributed by atoms with Gasteiger partial charge in [0.1, 0.15) is 0 Å². The molecule has 0 fully saturated rings. The van der Waals surface area contributed by atoms with E-state index in [-0.39, 0.29) is 5.41 Å². The number of rotatable bonds is 3. The van der Waals surface area contributed by atoms with Crippen LogP contribution >= 0.6 is 11.3 Å². The molecule has 2 aromatic rings. The van der Waals surface area contributed by atoms with Crippen LogP contribution in [-0.4, -0.2) is 10.1 Å². The van der Waals surface area contributed by atoms with E-state index in [4.69, 9.17) is 0 Å². The van der Waals surface area contributed by atoms with Gasteiger partial charge < -0.3 is 5.11 Å². The van der Waals surface area contributed by atoms with Crippen LogP contribution < -0.4 is 0 Å². The van der Waals surface area contributed by atoms with E-state index in [1.165, 1.54) is 0 Å². The van der Waals surface area contributed by atoms with E-state index >= 15 is 0 Å². The number of hydrogen-bond acceptors (Lipinski definition) is 3. The summed E-state index contributed by atoms with van der Waals surface area (Å²) in [6.45, 7) is 6.47. The van der Waals surface area contributed by atoms with Crippen molar-refractivity contribution in [3.05, 3.63) is 52.0 Å². The summed E-state index contributed by atoms with van der Waals surface area (Å²) in [4.78, 5) is 4.61. The monoisotopic (exact) mass is 261 g/mol. The van der Waals surface area contributed by atoms with Gasteiger partial charge in [0.15, 0.2) is 0 Å². The van der Waals surface area contributed by atoms with Crippen molar-refractivity contribution in [3.8, 4) is 0 Å². The number of aromatic nitrogens is 1. The number of nitrogens with zero attached hydrogens (tertiary/aromatic N) is 1. The van der Waals surface area contributed by atoms with Crippen molar-refractivity contribution in [2.45, 2.75) is 38.7 Å². The fourth-order valence-corrected chi connectivity index (χ4v) is 2.66. The van der Waals surface area contributed by atoms with E-state index in [0.717, 1.165) is 16.3 Å². The highest BCUT2D eigenvalue weighted by molar-refractivity contribution is 7.09. The summed E-state index contributed by atoms with van der Waals surface area (Å²) in [5.41, 5.74) is 2.00. The molecular weight excluding hydrogens is 242 g/mol. The predicted molar refractivity (Wildman–Crippen MR) is 75.9 cm³/mol. The molecule has 2 nitrogen and oxygen atoms in total. The average molecular weight is 261 g/mol. The summed E-state index contributed by atoms with van der Waals surface area (Å²) < 4.78 is 0. The van der Waals surface area contributed by atoms with E-state index in [9.17, 15) is 5.11 Å². The molecule has 1 N–H and O–H groups in total. The van der Waals surface area contributed by atoms with Crippen LogP contribution in [0, 0.1) is 0 Å². The van der Waals surface area contributed by atoms with Gasteiger partial charge in [-0.1, -0.05) is 51.1 Å². The van der Waals surface area contributed by atoms with Crippen molar-refractivity contribution in [2.24, 2.45) is 0 Å². The Morgan fingerprint density at radius 3 is 2.44 bits per heavy atom. The second-order valence-corrected chi connectivity index (χ2v) is 6.38. The Morgan fingerprint density at radius 2 is 1.89 bits per heavy atom. The van der Waals surface area contributed by atoms with Gasteiger partial charge in [-0.2, -0.15) is 0 Å². The lowest BCUT2D eigenvalue weighted by molar-refractivity contribution is 0.177. The van der Waals surface area contributed by atoms with Gasteiger partial charge in [-0.3, -0.25) is 0 Å². The quantitative estimate of drug-likeness (QED) is 0.913. The lowest BCUT2D eigenvalue weighted by atomic mass is 9.98. The van der Waals surface area contributed by atoms with E-state index in [0.29, 0.717) is 6.42 Å². The maximum atomic E-state index is 10.2. The molecule has 1 unspecified atom stereocenters. The van der Waals surface area contributed by atoms with Crippen molar-refractivity contribution in [3.63, 3.8) is 0 Å². The van der Waals surface area contributed by atoms with Crippen LogP contribution in [0.2, 0.25) is 0 Å². The smallest absolute Gasteiger partial charge is 0.0981 e. The third kappa shape index (κ3) is 3.18. The molecule has 96 valence electrons. The number of hydrogen-bond donors (Lipinski definition) is 1. The van der Waals surface area contributed by atoms with Gasteiger partial charge in [0.25, 0.3) is 0 Å². The van der Waals surface area contributed by atoms with Gasteiger partial charge in [-0.25, -0.2) is 4.98 Å². The number of benzene rings is 1. The summed E-state index contributed by atoms with van der Waals surface area (Å²) >= 11 is 1.67. The van der Waals surface area contributed by atoms with Crippen molar-refractivity contribution in [2.75, 3.05) is 0 Å². The molecule has 0 aliphatic carbocycles. The average Bonchev–Trinajstić information content (AvgIpc) is 2.78. The molecule has 1 heterocycles. The molecule has 0 spiro atoms. The lowest BCUT2D eigenvalue weighted by Crippen LogP contribution is -2.11. The molecule has 0 radical (unpaired) electrons. The molecule has 0 amide bonds. The molecule has 3 heteroatoms. The molecule has 18 heavy (non-hydrogen) atoms. The van der Waals surface area contributed by atoms with Crippen LogP contribution in [-0.2, 0) is 11.8 Å². The molecular formula is C15H19NOS. The molecule has 0 aliphatic rings. The molecule has 0 saturated heterocycles. The predicted octanol–water partition coefficient (Wildman–Crippen LogP) is 3.72. The SMILES string of the molecule is CC(C)(C)c1nc(CC(O)c2ccccc2)cs1. The highest BCUT2D eigenvalue weighted by Gasteiger charge is 2.19. The number of thiazole rings is 1. The summed E-state index contributed by atoms with van der Waals surface area (Å²) in [5.74, 6) is 0. The zero-order valence-corrected chi connectivity index (χ0v) is 11.9. The number of aliphatic hydroxyl groups is 1. The molecule has 2 rings (SSSR count). The Morgan fingerprint density at radius 1 is 1.22 bits per heavy atom. The van der Waals surface area contributed by atoms with Crippen LogP contribution in [0.3, 0.4) is 0 Å². The van der Waals surface area contributed by atoms with Crippen LogP contribution in [0.5, 0.6) is 0 Å². The Bertz CT molecular complexity index is 499. The molecule has 1 atom stereocenters. The molecule has 0 saturated carbocycles. The van der Waals surface area contributed by atoms with Crippen LogP contribution in [0.1, 0.15) is 43.1 Å². The first-order valence-electron chi connectivity index (χ1n) is 6.15. The van der Waals surface area contributed by atoms with Gasteiger partial charge in [0.05, 0.1) is 16.8 Å². The summed E-state index contributed by atoms with van der Waals surface area (Å²) in [5, 5.41) is 13.3. The minimum absolute atomic E-state index is 0.0839. The van der Waals surface area contributed by atoms with Crippen LogP contribution in [0.25, 0.3) is 0 Å². The largest absolute Gasteiger partial charge is 0.388 e. The Labute approximate surface area is 112 Å². The maximum Gasteiger partial charge on any atom is 0.0981 e. The molecule has 1 aromatic heterocycles. The van der Waals surface area contributed by atoms with Gasteiger partial charge in [0.2, 0.25) is 0 Å². The van der Waals surface area contributed by atoms with Crippen LogP contribution in [0.4, 0.5) is 0 Å². The molecule has 0 aliphatic heterocycles. The van der Waals surface area contributed by atoms with Gasteiger partial charge in [-0.15, -0.1) is 11.3 Å². The van der Waals surface area contributed by atoms with Crippen LogP contribution in [0.15, 0.2) is 35.7 Å². The van der Waals surface area contributed by atoms with E-state index in [2.05, 4.69) is 25.8 Å². The second kappa shape index (κ2) is 5.21. The number of aliphatic hydroxyl groups excluding tert-OH is 1. The first kappa shape index (κ1) is 13.2. The highest BCUT2D eigenvalue weighted by Crippen LogP contribution is 2.27. The first-order chi connectivity index (χ1) is 8.47. The minimum Gasteiger partial charge on any atom is -0.388 e. The maximum absolute atomic E-state index is 10.2. The van der Waals surface area contributed by atoms with E-state index in [1.807, 2.05) is 35.7 Å². The second-order valence-electron chi connectivity index (χ2n) is 5.52. The third-order valence-electron chi connectivity index (χ3n) is 2.78. The standard InChI is InChI=1S/C15H19NOS/c1-15(2,3)14-16-12(10-18-14)9-13(17)11-7-5-4-6-8-11/h4-8,10,13,17H,9H2,1-3H3. The van der Waals surface area contributed by atoms with Gasteiger partial charge in [-0.05, 0) is 5.56 Å². The van der Waals surface area contributed by atoms with Crippen molar-refractivity contribution in [1.82, 2.24) is 4.98 Å². The van der Waals surface area contributed by atoms with E-state index in [1.54, 1.807) is 11.3 Å². The summed E-state index contributed by atoms with van der Waals surface area (Å²) in [6.07, 6.45) is 0.109. The minimum atomic E-state index is -0.471. The summed E-state index contributed by atoms with van der Waals surface area (Å²) in [6, 6.07) is 9.74. The Kier molecular flexibility index (Phi) is 3.83. The Hall–Kier alpha value is -1.19. The normalized spacial score (nSPS) is 13.6. The van der Waals surface area contributed by atoms with Crippen molar-refractivity contribution < 1.29 is 5.11 Å². The first-order valence-corrected chi connectivity index (χ1v) is 7.02. The van der Waals surface area contributed by atoms with Crippen molar-refractivity contribution in [1.29, 1.82) is 0 Å².